The van der Waals surface area contributed by atoms with Crippen molar-refractivity contribution in [1.82, 2.24) is 0 Å². The van der Waals surface area contributed by atoms with E-state index in [0.29, 0.717) is 16.7 Å². The molecular formula is C42H42O12. The van der Waals surface area contributed by atoms with E-state index in [2.05, 4.69) is 0 Å². The number of ether oxygens (including phenoxy) is 3. The molecule has 0 heterocycles. The van der Waals surface area contributed by atoms with Crippen LogP contribution in [-0.4, -0.2) is 67.4 Å². The van der Waals surface area contributed by atoms with E-state index in [1.165, 1.54) is 96.1 Å². The number of ketones is 3. The monoisotopic (exact) mass is 738 g/mol. The third-order valence-corrected chi connectivity index (χ3v) is 8.07. The molecule has 0 radical (unpaired) electrons. The van der Waals surface area contributed by atoms with Gasteiger partial charge in [-0.15, -0.1) is 0 Å². The second-order valence-electron chi connectivity index (χ2n) is 14.3. The van der Waals surface area contributed by atoms with Crippen LogP contribution in [0.4, 0.5) is 0 Å². The van der Waals surface area contributed by atoms with Crippen molar-refractivity contribution in [1.29, 1.82) is 0 Å². The summed E-state index contributed by atoms with van der Waals surface area (Å²) >= 11 is 0. The van der Waals surface area contributed by atoms with Crippen molar-refractivity contribution in [3.63, 3.8) is 0 Å². The summed E-state index contributed by atoms with van der Waals surface area (Å²) < 4.78 is 16.4. The predicted octanol–water partition coefficient (Wildman–Crippen LogP) is 5.62. The highest BCUT2D eigenvalue weighted by molar-refractivity contribution is 6.03. The highest BCUT2D eigenvalue weighted by Gasteiger charge is 2.27. The standard InChI is InChI=1S/C42H42O12/c1-40(2,49)34(43)28-13-7-25(8-14-28)22-52-37(46)31-19-32(38(47)53-23-26-9-15-29(16-10-26)35(44)41(3,4)50)21-33(20-31)39(48)54-24-27-11-17-30(18-12-27)36(45)42(5,6)51/h7-21,49-51H,22-24H2,1-6H3. The Bertz CT molecular complexity index is 1790. The zero-order valence-electron chi connectivity index (χ0n) is 30.8. The SMILES string of the molecule is CC(C)(O)C(=O)c1ccc(COC(=O)c2cc(C(=O)OCc3ccc(C(=O)C(C)(C)O)cc3)cc(C(=O)OCc3ccc(C(=O)C(C)(C)O)cc3)c2)cc1. The number of aliphatic hydroxyl groups is 3. The lowest BCUT2D eigenvalue weighted by Crippen LogP contribution is -2.31. The van der Waals surface area contributed by atoms with Crippen LogP contribution in [0, 0.1) is 0 Å². The maximum Gasteiger partial charge on any atom is 0.338 e. The molecule has 4 rings (SSSR count). The highest BCUT2D eigenvalue weighted by atomic mass is 16.5. The average Bonchev–Trinajstić information content (AvgIpc) is 3.13. The number of rotatable bonds is 15. The van der Waals surface area contributed by atoms with Crippen molar-refractivity contribution in [2.24, 2.45) is 0 Å². The van der Waals surface area contributed by atoms with E-state index in [1.54, 1.807) is 36.4 Å². The number of benzene rings is 4. The number of carbonyl (C=O) groups is 6. The van der Waals surface area contributed by atoms with Crippen LogP contribution in [0.25, 0.3) is 0 Å². The zero-order valence-corrected chi connectivity index (χ0v) is 30.8. The molecule has 0 bridgehead atoms. The van der Waals surface area contributed by atoms with E-state index >= 15 is 0 Å². The summed E-state index contributed by atoms with van der Waals surface area (Å²) in [5, 5.41) is 30.0. The summed E-state index contributed by atoms with van der Waals surface area (Å²) in [6.45, 7) is 7.59. The molecular weight excluding hydrogens is 696 g/mol. The zero-order chi connectivity index (χ0) is 40.0. The second kappa shape index (κ2) is 16.5. The Morgan fingerprint density at radius 2 is 0.593 bits per heavy atom. The van der Waals surface area contributed by atoms with E-state index in [9.17, 15) is 44.1 Å². The fourth-order valence-electron chi connectivity index (χ4n) is 4.99. The van der Waals surface area contributed by atoms with Crippen LogP contribution < -0.4 is 0 Å². The van der Waals surface area contributed by atoms with Crippen LogP contribution in [0.15, 0.2) is 91.0 Å². The molecule has 0 saturated heterocycles. The van der Waals surface area contributed by atoms with Crippen LogP contribution in [0.2, 0.25) is 0 Å². The van der Waals surface area contributed by atoms with Crippen molar-refractivity contribution >= 4 is 35.3 Å². The van der Waals surface area contributed by atoms with Crippen LogP contribution in [0.5, 0.6) is 0 Å². The van der Waals surface area contributed by atoms with Gasteiger partial charge in [0, 0.05) is 16.7 Å². The molecule has 282 valence electrons. The van der Waals surface area contributed by atoms with Crippen LogP contribution in [0.3, 0.4) is 0 Å². The number of carbonyl (C=O) groups excluding carboxylic acids is 6. The molecule has 0 saturated carbocycles. The number of hydrogen-bond donors (Lipinski definition) is 3. The van der Waals surface area contributed by atoms with Gasteiger partial charge in [-0.1, -0.05) is 72.8 Å². The molecule has 0 aromatic heterocycles. The molecule has 3 N–H and O–H groups in total. The van der Waals surface area contributed by atoms with Gasteiger partial charge in [0.25, 0.3) is 0 Å². The van der Waals surface area contributed by atoms with Crippen LogP contribution in [-0.2, 0) is 34.0 Å². The minimum Gasteiger partial charge on any atom is -0.457 e. The average molecular weight is 739 g/mol. The fourth-order valence-corrected chi connectivity index (χ4v) is 4.99. The molecule has 0 unspecified atom stereocenters. The first kappa shape index (κ1) is 40.9. The van der Waals surface area contributed by atoms with Gasteiger partial charge in [-0.25, -0.2) is 14.4 Å². The third kappa shape index (κ3) is 10.9. The smallest absolute Gasteiger partial charge is 0.338 e. The summed E-state index contributed by atoms with van der Waals surface area (Å²) in [5.41, 5.74) is -2.79. The van der Waals surface area contributed by atoms with Gasteiger partial charge in [-0.2, -0.15) is 0 Å². The van der Waals surface area contributed by atoms with E-state index in [4.69, 9.17) is 14.2 Å². The molecule has 54 heavy (non-hydrogen) atoms. The fraction of sp³-hybridized carbons (Fsp3) is 0.286. The van der Waals surface area contributed by atoms with Gasteiger partial charge in [-0.3, -0.25) is 14.4 Å². The lowest BCUT2D eigenvalue weighted by atomic mass is 9.96. The molecule has 0 atom stereocenters. The lowest BCUT2D eigenvalue weighted by Gasteiger charge is -2.15. The normalized spacial score (nSPS) is 11.7. The molecule has 12 heteroatoms. The third-order valence-electron chi connectivity index (χ3n) is 8.07. The van der Waals surface area contributed by atoms with Crippen molar-refractivity contribution in [2.75, 3.05) is 0 Å². The van der Waals surface area contributed by atoms with Crippen molar-refractivity contribution < 1.29 is 58.3 Å². The summed E-state index contributed by atoms with van der Waals surface area (Å²) in [4.78, 5) is 76.8. The Labute approximate surface area is 312 Å². The number of hydrogen-bond acceptors (Lipinski definition) is 12. The minimum absolute atomic E-state index is 0.158. The molecule has 0 aliphatic carbocycles. The minimum atomic E-state index is -1.56. The first-order chi connectivity index (χ1) is 25.1. The molecule has 0 fully saturated rings. The first-order valence-corrected chi connectivity index (χ1v) is 16.9. The molecule has 0 aliphatic heterocycles. The molecule has 0 spiro atoms. The van der Waals surface area contributed by atoms with Gasteiger partial charge < -0.3 is 29.5 Å². The quantitative estimate of drug-likeness (QED) is 0.0777. The Kier molecular flexibility index (Phi) is 12.5. The van der Waals surface area contributed by atoms with Gasteiger partial charge in [0.2, 0.25) is 0 Å². The lowest BCUT2D eigenvalue weighted by molar-refractivity contribution is 0.0463. The van der Waals surface area contributed by atoms with Crippen LogP contribution >= 0.6 is 0 Å². The Balaban J connectivity index is 1.52. The Hall–Kier alpha value is -5.82. The summed E-state index contributed by atoms with van der Waals surface area (Å²) in [6.07, 6.45) is 0. The van der Waals surface area contributed by atoms with Gasteiger partial charge in [0.1, 0.15) is 36.6 Å². The molecule has 0 amide bonds. The van der Waals surface area contributed by atoms with Crippen LogP contribution in [0.1, 0.15) is 120 Å². The van der Waals surface area contributed by atoms with Crippen molar-refractivity contribution in [3.8, 4) is 0 Å². The van der Waals surface area contributed by atoms with E-state index in [1.807, 2.05) is 0 Å². The van der Waals surface area contributed by atoms with E-state index in [0.717, 1.165) is 0 Å². The van der Waals surface area contributed by atoms with Gasteiger partial charge >= 0.3 is 17.9 Å². The summed E-state index contributed by atoms with van der Waals surface area (Å²) in [6, 6.07) is 21.9. The maximum atomic E-state index is 13.2. The highest BCUT2D eigenvalue weighted by Crippen LogP contribution is 2.20. The first-order valence-electron chi connectivity index (χ1n) is 16.9. The maximum absolute atomic E-state index is 13.2. The van der Waals surface area contributed by atoms with Crippen molar-refractivity contribution in [2.45, 2.75) is 78.2 Å². The van der Waals surface area contributed by atoms with E-state index in [-0.39, 0.29) is 53.2 Å². The Morgan fingerprint density at radius 3 is 0.778 bits per heavy atom. The number of Topliss-reactive ketones (excluding diaryl/α,β-unsaturated/α-hetero) is 3. The predicted molar refractivity (Wildman–Crippen MR) is 195 cm³/mol. The topological polar surface area (TPSA) is 191 Å². The Morgan fingerprint density at radius 1 is 0.389 bits per heavy atom. The summed E-state index contributed by atoms with van der Waals surface area (Å²) in [7, 11) is 0. The molecule has 0 aliphatic rings. The molecule has 4 aromatic carbocycles. The second-order valence-corrected chi connectivity index (χ2v) is 14.3. The largest absolute Gasteiger partial charge is 0.457 e. The van der Waals surface area contributed by atoms with Crippen molar-refractivity contribution in [3.05, 3.63) is 141 Å². The van der Waals surface area contributed by atoms with Gasteiger partial charge in [0.15, 0.2) is 17.3 Å². The van der Waals surface area contributed by atoms with Gasteiger partial charge in [0.05, 0.1) is 16.7 Å². The van der Waals surface area contributed by atoms with Gasteiger partial charge in [-0.05, 0) is 76.4 Å². The number of esters is 3. The molecule has 4 aromatic rings. The van der Waals surface area contributed by atoms with E-state index < -0.39 is 52.1 Å². The summed E-state index contributed by atoms with van der Waals surface area (Å²) in [5.74, 6) is -4.09. The molecule has 12 nitrogen and oxygen atoms in total.